The second-order valence-electron chi connectivity index (χ2n) is 5.37. The van der Waals surface area contributed by atoms with Crippen molar-refractivity contribution in [2.45, 2.75) is 5.60 Å². The van der Waals surface area contributed by atoms with E-state index < -0.39 is 17.1 Å². The van der Waals surface area contributed by atoms with Crippen LogP contribution >= 0.6 is 0 Å². The van der Waals surface area contributed by atoms with Crippen LogP contribution in [0.4, 0.5) is 0 Å². The molecule has 0 spiro atoms. The third-order valence-corrected chi connectivity index (χ3v) is 4.06. The third-order valence-electron chi connectivity index (χ3n) is 4.06. The van der Waals surface area contributed by atoms with Crippen LogP contribution in [0.5, 0.6) is 28.7 Å². The molecule has 0 aromatic heterocycles. The van der Waals surface area contributed by atoms with Crippen LogP contribution in [0.1, 0.15) is 15.9 Å². The van der Waals surface area contributed by atoms with Gasteiger partial charge in [-0.25, -0.2) is 0 Å². The molecule has 0 saturated carbocycles. The van der Waals surface area contributed by atoms with Gasteiger partial charge in [0.05, 0.1) is 7.11 Å². The van der Waals surface area contributed by atoms with Crippen LogP contribution in [-0.2, 0) is 10.3 Å². The van der Waals surface area contributed by atoms with Gasteiger partial charge in [0.2, 0.25) is 5.78 Å². The van der Waals surface area contributed by atoms with Gasteiger partial charge in [0.25, 0.3) is 0 Å². The molecule has 0 saturated heterocycles. The molecule has 0 aliphatic carbocycles. The molecule has 0 radical (unpaired) electrons. The van der Waals surface area contributed by atoms with E-state index >= 15 is 0 Å². The minimum atomic E-state index is -1.56. The van der Waals surface area contributed by atoms with Gasteiger partial charge in [-0.15, -0.1) is 0 Å². The molecular formula is C17H16O7. The standard InChI is InChI=1S/C17H16O7/c1-22-13-6-9(18)3-4-11(13)17(23-2)8-24-14-7-10(19)5-12(20)15(14)16(17)21/h3-7,18-20H,8H2,1-2H3. The van der Waals surface area contributed by atoms with Gasteiger partial charge in [-0.3, -0.25) is 4.79 Å². The lowest BCUT2D eigenvalue weighted by Crippen LogP contribution is -2.46. The Balaban J connectivity index is 2.21. The third kappa shape index (κ3) is 2.21. The summed E-state index contributed by atoms with van der Waals surface area (Å²) in [6.45, 7) is -0.181. The monoisotopic (exact) mass is 332 g/mol. The molecule has 0 amide bonds. The Hall–Kier alpha value is -2.93. The number of phenols is 3. The van der Waals surface area contributed by atoms with E-state index in [1.165, 1.54) is 38.5 Å². The second-order valence-corrected chi connectivity index (χ2v) is 5.37. The van der Waals surface area contributed by atoms with Crippen LogP contribution in [0.25, 0.3) is 0 Å². The first-order valence-electron chi connectivity index (χ1n) is 7.09. The summed E-state index contributed by atoms with van der Waals surface area (Å²) in [5.74, 6) is -0.870. The zero-order chi connectivity index (χ0) is 17.5. The molecule has 1 atom stereocenters. The summed E-state index contributed by atoms with van der Waals surface area (Å²) in [4.78, 5) is 13.1. The molecule has 1 heterocycles. The molecule has 1 aliphatic rings. The Morgan fingerprint density at radius 1 is 1.08 bits per heavy atom. The molecule has 7 nitrogen and oxygen atoms in total. The normalized spacial score (nSPS) is 19.5. The maximum absolute atomic E-state index is 13.1. The van der Waals surface area contributed by atoms with Crippen LogP contribution in [-0.4, -0.2) is 41.9 Å². The van der Waals surface area contributed by atoms with Crippen molar-refractivity contribution in [1.29, 1.82) is 0 Å². The first-order valence-corrected chi connectivity index (χ1v) is 7.09. The van der Waals surface area contributed by atoms with Crippen LogP contribution in [0.2, 0.25) is 0 Å². The quantitative estimate of drug-likeness (QED) is 0.788. The van der Waals surface area contributed by atoms with Crippen molar-refractivity contribution in [3.05, 3.63) is 41.5 Å². The van der Waals surface area contributed by atoms with Gasteiger partial charge in [-0.1, -0.05) is 0 Å². The summed E-state index contributed by atoms with van der Waals surface area (Å²) in [5.41, 5.74) is -1.29. The van der Waals surface area contributed by atoms with E-state index in [-0.39, 0.29) is 35.2 Å². The Morgan fingerprint density at radius 3 is 2.50 bits per heavy atom. The lowest BCUT2D eigenvalue weighted by atomic mass is 9.83. The number of carbonyl (C=O) groups excluding carboxylic acids is 1. The zero-order valence-electron chi connectivity index (χ0n) is 13.1. The summed E-state index contributed by atoms with van der Waals surface area (Å²) in [6, 6.07) is 6.57. The van der Waals surface area contributed by atoms with Crippen LogP contribution in [0.3, 0.4) is 0 Å². The molecule has 3 rings (SSSR count). The van der Waals surface area contributed by atoms with Crippen LogP contribution < -0.4 is 9.47 Å². The Morgan fingerprint density at radius 2 is 1.83 bits per heavy atom. The molecular weight excluding hydrogens is 316 g/mol. The second kappa shape index (κ2) is 5.61. The molecule has 0 bridgehead atoms. The molecule has 7 heteroatoms. The average molecular weight is 332 g/mol. The fourth-order valence-electron chi connectivity index (χ4n) is 2.85. The lowest BCUT2D eigenvalue weighted by molar-refractivity contribution is -0.0360. The topological polar surface area (TPSA) is 105 Å². The molecule has 1 unspecified atom stereocenters. The van der Waals surface area contributed by atoms with Gasteiger partial charge in [0.1, 0.15) is 40.9 Å². The van der Waals surface area contributed by atoms with Crippen LogP contribution in [0, 0.1) is 0 Å². The largest absolute Gasteiger partial charge is 0.508 e. The predicted molar refractivity (Wildman–Crippen MR) is 82.9 cm³/mol. The zero-order valence-corrected chi connectivity index (χ0v) is 13.1. The van der Waals surface area contributed by atoms with Crippen molar-refractivity contribution in [3.63, 3.8) is 0 Å². The Labute approximate surface area is 137 Å². The maximum Gasteiger partial charge on any atom is 0.210 e. The maximum atomic E-state index is 13.1. The van der Waals surface area contributed by atoms with E-state index in [1.807, 2.05) is 0 Å². The van der Waals surface area contributed by atoms with Crippen molar-refractivity contribution in [3.8, 4) is 28.7 Å². The van der Waals surface area contributed by atoms with Gasteiger partial charge in [-0.2, -0.15) is 0 Å². The lowest BCUT2D eigenvalue weighted by Gasteiger charge is -2.36. The molecule has 2 aromatic carbocycles. The molecule has 24 heavy (non-hydrogen) atoms. The number of aromatic hydroxyl groups is 3. The number of fused-ring (bicyclic) bond motifs is 1. The summed E-state index contributed by atoms with van der Waals surface area (Å²) in [6.07, 6.45) is 0. The van der Waals surface area contributed by atoms with Gasteiger partial charge >= 0.3 is 0 Å². The average Bonchev–Trinajstić information content (AvgIpc) is 2.55. The van der Waals surface area contributed by atoms with E-state index in [0.717, 1.165) is 6.07 Å². The van der Waals surface area contributed by atoms with Gasteiger partial charge in [0.15, 0.2) is 5.60 Å². The molecule has 3 N–H and O–H groups in total. The number of rotatable bonds is 3. The highest BCUT2D eigenvalue weighted by Crippen LogP contribution is 2.45. The van der Waals surface area contributed by atoms with E-state index in [0.29, 0.717) is 5.56 Å². The smallest absolute Gasteiger partial charge is 0.210 e. The molecule has 0 fully saturated rings. The number of benzene rings is 2. The number of hydrogen-bond acceptors (Lipinski definition) is 7. The van der Waals surface area contributed by atoms with Gasteiger partial charge in [-0.05, 0) is 12.1 Å². The van der Waals surface area contributed by atoms with Gasteiger partial charge < -0.3 is 29.5 Å². The Bertz CT molecular complexity index is 815. The summed E-state index contributed by atoms with van der Waals surface area (Å²) >= 11 is 0. The summed E-state index contributed by atoms with van der Waals surface area (Å²) in [7, 11) is 2.75. The fraction of sp³-hybridized carbons (Fsp3) is 0.235. The first-order chi connectivity index (χ1) is 11.4. The number of methoxy groups -OCH3 is 2. The summed E-state index contributed by atoms with van der Waals surface area (Å²) < 4.78 is 16.3. The highest BCUT2D eigenvalue weighted by atomic mass is 16.5. The van der Waals surface area contributed by atoms with Crippen molar-refractivity contribution in [2.24, 2.45) is 0 Å². The summed E-state index contributed by atoms with van der Waals surface area (Å²) in [5, 5.41) is 29.2. The van der Waals surface area contributed by atoms with E-state index in [4.69, 9.17) is 14.2 Å². The number of phenolic OH excluding ortho intramolecular Hbond substituents is 3. The number of Topliss-reactive ketones (excluding diaryl/α,β-unsaturated/α-hetero) is 1. The van der Waals surface area contributed by atoms with Crippen molar-refractivity contribution < 1.29 is 34.3 Å². The number of hydrogen-bond donors (Lipinski definition) is 3. The molecule has 1 aliphatic heterocycles. The van der Waals surface area contributed by atoms with E-state index in [1.54, 1.807) is 0 Å². The number of carbonyl (C=O) groups is 1. The van der Waals surface area contributed by atoms with Crippen molar-refractivity contribution >= 4 is 5.78 Å². The fourth-order valence-corrected chi connectivity index (χ4v) is 2.85. The molecule has 2 aromatic rings. The number of ketones is 1. The Kier molecular flexibility index (Phi) is 3.73. The minimum Gasteiger partial charge on any atom is -0.508 e. The first kappa shape index (κ1) is 15.9. The highest BCUT2D eigenvalue weighted by Gasteiger charge is 2.49. The van der Waals surface area contributed by atoms with Crippen LogP contribution in [0.15, 0.2) is 30.3 Å². The number of ether oxygens (including phenoxy) is 3. The van der Waals surface area contributed by atoms with Gasteiger partial charge in [0, 0.05) is 30.9 Å². The molecule has 126 valence electrons. The SMILES string of the molecule is COc1cc(O)ccc1C1(OC)COc2cc(O)cc(O)c2C1=O. The van der Waals surface area contributed by atoms with E-state index in [2.05, 4.69) is 0 Å². The van der Waals surface area contributed by atoms with E-state index in [9.17, 15) is 20.1 Å². The minimum absolute atomic E-state index is 0.0285. The highest BCUT2D eigenvalue weighted by molar-refractivity contribution is 6.08. The van der Waals surface area contributed by atoms with Crippen molar-refractivity contribution in [2.75, 3.05) is 20.8 Å². The predicted octanol–water partition coefficient (Wildman–Crippen LogP) is 1.93. The van der Waals surface area contributed by atoms with Crippen molar-refractivity contribution in [1.82, 2.24) is 0 Å².